The normalized spacial score (nSPS) is 11.3. The number of rotatable bonds is 6. The molecule has 2 rings (SSSR count). The van der Waals surface area contributed by atoms with E-state index >= 15 is 0 Å². The summed E-state index contributed by atoms with van der Waals surface area (Å²) in [7, 11) is 2.00. The Morgan fingerprint density at radius 2 is 1.91 bits per heavy atom. The molecule has 0 bridgehead atoms. The first-order valence-corrected chi connectivity index (χ1v) is 8.19. The summed E-state index contributed by atoms with van der Waals surface area (Å²) in [6, 6.07) is 8.31. The van der Waals surface area contributed by atoms with Crippen molar-refractivity contribution in [3.05, 3.63) is 36.0 Å². The molecule has 0 saturated carbocycles. The molecule has 0 atom stereocenters. The van der Waals surface area contributed by atoms with E-state index in [0.717, 1.165) is 30.9 Å². The van der Waals surface area contributed by atoms with Crippen LogP contribution in [0.15, 0.2) is 30.5 Å². The lowest BCUT2D eigenvalue weighted by atomic mass is 9.86. The summed E-state index contributed by atoms with van der Waals surface area (Å²) < 4.78 is 0. The van der Waals surface area contributed by atoms with E-state index in [-0.39, 0.29) is 5.41 Å². The number of anilines is 3. The quantitative estimate of drug-likeness (QED) is 0.868. The molecule has 0 aliphatic heterocycles. The predicted octanol–water partition coefficient (Wildman–Crippen LogP) is 4.15. The Morgan fingerprint density at radius 3 is 2.61 bits per heavy atom. The molecule has 0 aliphatic rings. The van der Waals surface area contributed by atoms with E-state index in [1.54, 1.807) is 6.20 Å². The lowest BCUT2D eigenvalue weighted by molar-refractivity contribution is 0.592. The molecule has 5 heteroatoms. The van der Waals surface area contributed by atoms with Gasteiger partial charge >= 0.3 is 0 Å². The van der Waals surface area contributed by atoms with Gasteiger partial charge in [0.05, 0.1) is 6.20 Å². The number of aromatic nitrogens is 3. The number of nitrogens with one attached hydrogen (secondary N) is 1. The number of nitrogens with zero attached hydrogens (tertiary/aromatic N) is 4. The number of para-hydroxylation sites is 1. The van der Waals surface area contributed by atoms with Gasteiger partial charge in [-0.05, 0) is 23.5 Å². The van der Waals surface area contributed by atoms with E-state index in [0.29, 0.717) is 5.95 Å². The van der Waals surface area contributed by atoms with Crippen LogP contribution in [0.1, 0.15) is 46.1 Å². The van der Waals surface area contributed by atoms with Gasteiger partial charge in [0.1, 0.15) is 0 Å². The van der Waals surface area contributed by atoms with Crippen LogP contribution in [0.5, 0.6) is 0 Å². The largest absolute Gasteiger partial charge is 0.343 e. The van der Waals surface area contributed by atoms with Gasteiger partial charge < -0.3 is 10.2 Å². The predicted molar refractivity (Wildman–Crippen MR) is 96.4 cm³/mol. The molecular weight excluding hydrogens is 286 g/mol. The SMILES string of the molecule is CCCCN(C)c1nncc(Nc2ccccc2C(C)(C)C)n1. The van der Waals surface area contributed by atoms with Gasteiger partial charge in [-0.15, -0.1) is 5.10 Å². The van der Waals surface area contributed by atoms with Crippen molar-refractivity contribution in [3.63, 3.8) is 0 Å². The lowest BCUT2D eigenvalue weighted by Gasteiger charge is -2.23. The first-order chi connectivity index (χ1) is 10.9. The van der Waals surface area contributed by atoms with E-state index in [1.165, 1.54) is 5.56 Å². The molecule has 1 aromatic carbocycles. The van der Waals surface area contributed by atoms with Gasteiger partial charge in [0.2, 0.25) is 5.95 Å². The Labute approximate surface area is 139 Å². The highest BCUT2D eigenvalue weighted by Gasteiger charge is 2.18. The molecule has 124 valence electrons. The molecule has 0 saturated heterocycles. The van der Waals surface area contributed by atoms with Crippen LogP contribution in [0, 0.1) is 0 Å². The summed E-state index contributed by atoms with van der Waals surface area (Å²) in [6.07, 6.45) is 3.93. The summed E-state index contributed by atoms with van der Waals surface area (Å²) >= 11 is 0. The maximum Gasteiger partial charge on any atom is 0.247 e. The molecule has 0 fully saturated rings. The second-order valence-corrected chi connectivity index (χ2v) is 6.84. The molecule has 0 aliphatic carbocycles. The minimum atomic E-state index is 0.0603. The van der Waals surface area contributed by atoms with Crippen LogP contribution in [0.4, 0.5) is 17.5 Å². The number of unbranched alkanes of at least 4 members (excludes halogenated alkanes) is 1. The van der Waals surface area contributed by atoms with Gasteiger partial charge in [-0.3, -0.25) is 0 Å². The maximum absolute atomic E-state index is 4.59. The molecule has 0 unspecified atom stereocenters. The van der Waals surface area contributed by atoms with Crippen LogP contribution in [0.3, 0.4) is 0 Å². The van der Waals surface area contributed by atoms with Gasteiger partial charge in [-0.25, -0.2) is 0 Å². The summed E-state index contributed by atoms with van der Waals surface area (Å²) in [6.45, 7) is 9.72. The minimum Gasteiger partial charge on any atom is -0.343 e. The highest BCUT2D eigenvalue weighted by atomic mass is 15.3. The van der Waals surface area contributed by atoms with Crippen LogP contribution in [-0.2, 0) is 5.41 Å². The average Bonchev–Trinajstić information content (AvgIpc) is 2.52. The second-order valence-electron chi connectivity index (χ2n) is 6.84. The fourth-order valence-corrected chi connectivity index (χ4v) is 2.40. The van der Waals surface area contributed by atoms with Crippen LogP contribution >= 0.6 is 0 Å². The van der Waals surface area contributed by atoms with Gasteiger partial charge in [0, 0.05) is 19.3 Å². The molecule has 2 aromatic rings. The fourth-order valence-electron chi connectivity index (χ4n) is 2.40. The molecule has 1 N–H and O–H groups in total. The van der Waals surface area contributed by atoms with Crippen LogP contribution < -0.4 is 10.2 Å². The van der Waals surface area contributed by atoms with Crippen LogP contribution in [0.2, 0.25) is 0 Å². The Balaban J connectivity index is 2.22. The van der Waals surface area contributed by atoms with Crippen molar-refractivity contribution < 1.29 is 0 Å². The molecule has 0 spiro atoms. The third kappa shape index (κ3) is 4.65. The maximum atomic E-state index is 4.59. The van der Waals surface area contributed by atoms with E-state index in [2.05, 4.69) is 66.4 Å². The minimum absolute atomic E-state index is 0.0603. The average molecular weight is 313 g/mol. The lowest BCUT2D eigenvalue weighted by Crippen LogP contribution is -2.21. The Hall–Kier alpha value is -2.17. The van der Waals surface area contributed by atoms with Gasteiger partial charge in [-0.2, -0.15) is 10.1 Å². The van der Waals surface area contributed by atoms with E-state index in [1.807, 2.05) is 18.0 Å². The summed E-state index contributed by atoms with van der Waals surface area (Å²) in [4.78, 5) is 6.62. The zero-order chi connectivity index (χ0) is 16.9. The Morgan fingerprint density at radius 1 is 1.17 bits per heavy atom. The first kappa shape index (κ1) is 17.2. The standard InChI is InChI=1S/C18H27N5/c1-6-7-12-23(5)17-21-16(13-19-22-17)20-15-11-9-8-10-14(15)18(2,3)4/h8-11,13H,6-7,12H2,1-5H3,(H,20,21,22). The highest BCUT2D eigenvalue weighted by Crippen LogP contribution is 2.30. The second kappa shape index (κ2) is 7.40. The van der Waals surface area contributed by atoms with Crippen molar-refractivity contribution in [2.75, 3.05) is 23.8 Å². The van der Waals surface area contributed by atoms with Crippen molar-refractivity contribution in [1.82, 2.24) is 15.2 Å². The van der Waals surface area contributed by atoms with Crippen molar-refractivity contribution in [2.45, 2.75) is 46.0 Å². The van der Waals surface area contributed by atoms with Crippen LogP contribution in [-0.4, -0.2) is 28.8 Å². The molecule has 23 heavy (non-hydrogen) atoms. The summed E-state index contributed by atoms with van der Waals surface area (Å²) in [5.74, 6) is 1.37. The molecule has 1 aromatic heterocycles. The monoisotopic (exact) mass is 313 g/mol. The van der Waals surface area contributed by atoms with E-state index in [4.69, 9.17) is 0 Å². The van der Waals surface area contributed by atoms with E-state index in [9.17, 15) is 0 Å². The van der Waals surface area contributed by atoms with Crippen molar-refractivity contribution >= 4 is 17.5 Å². The smallest absolute Gasteiger partial charge is 0.247 e. The summed E-state index contributed by atoms with van der Waals surface area (Å²) in [5.41, 5.74) is 2.37. The zero-order valence-corrected chi connectivity index (χ0v) is 14.8. The molecular formula is C18H27N5. The third-order valence-corrected chi connectivity index (χ3v) is 3.73. The zero-order valence-electron chi connectivity index (χ0n) is 14.8. The van der Waals surface area contributed by atoms with Crippen LogP contribution in [0.25, 0.3) is 0 Å². The van der Waals surface area contributed by atoms with Gasteiger partial charge in [-0.1, -0.05) is 52.3 Å². The van der Waals surface area contributed by atoms with Gasteiger partial charge in [0.15, 0.2) is 5.82 Å². The number of hydrogen-bond donors (Lipinski definition) is 1. The Bertz CT molecular complexity index is 633. The first-order valence-electron chi connectivity index (χ1n) is 8.19. The van der Waals surface area contributed by atoms with E-state index < -0.39 is 0 Å². The number of hydrogen-bond acceptors (Lipinski definition) is 5. The van der Waals surface area contributed by atoms with Gasteiger partial charge in [0.25, 0.3) is 0 Å². The molecule has 5 nitrogen and oxygen atoms in total. The highest BCUT2D eigenvalue weighted by molar-refractivity contribution is 5.62. The van der Waals surface area contributed by atoms with Crippen molar-refractivity contribution in [2.24, 2.45) is 0 Å². The third-order valence-electron chi connectivity index (χ3n) is 3.73. The Kier molecular flexibility index (Phi) is 5.53. The van der Waals surface area contributed by atoms with Crippen molar-refractivity contribution in [3.8, 4) is 0 Å². The molecule has 1 heterocycles. The number of benzene rings is 1. The van der Waals surface area contributed by atoms with Crippen molar-refractivity contribution in [1.29, 1.82) is 0 Å². The fraction of sp³-hybridized carbons (Fsp3) is 0.500. The summed E-state index contributed by atoms with van der Waals surface area (Å²) in [5, 5.41) is 11.6. The molecule has 0 radical (unpaired) electrons. The molecule has 0 amide bonds. The topological polar surface area (TPSA) is 53.9 Å².